The average Bonchev–Trinajstić information content (AvgIpc) is 2.72. The van der Waals surface area contributed by atoms with Crippen molar-refractivity contribution in [2.24, 2.45) is 5.73 Å². The Balaban J connectivity index is 2.96. The molecule has 1 rings (SSSR count). The van der Waals surface area contributed by atoms with Gasteiger partial charge in [-0.15, -0.1) is 0 Å². The molecule has 0 unspecified atom stereocenters. The minimum absolute atomic E-state index is 0.0331. The van der Waals surface area contributed by atoms with Crippen molar-refractivity contribution < 1.29 is 28.3 Å². The van der Waals surface area contributed by atoms with Gasteiger partial charge in [-0.05, 0) is 13.8 Å². The average molecular weight is 296 g/mol. The Kier molecular flexibility index (Phi) is 5.23. The van der Waals surface area contributed by atoms with Gasteiger partial charge in [-0.2, -0.15) is 0 Å². The van der Waals surface area contributed by atoms with Gasteiger partial charge < -0.3 is 14.9 Å². The van der Waals surface area contributed by atoms with E-state index >= 15 is 0 Å². The Morgan fingerprint density at radius 1 is 1.19 bits per heavy atom. The second-order valence-corrected chi connectivity index (χ2v) is 4.28. The molecule has 0 radical (unpaired) electrons. The minimum Gasteiger partial charge on any atom is -0.469 e. The normalized spacial score (nSPS) is 10.0. The van der Waals surface area contributed by atoms with Gasteiger partial charge in [0, 0.05) is 6.42 Å². The van der Waals surface area contributed by atoms with Crippen LogP contribution in [0.3, 0.4) is 0 Å². The van der Waals surface area contributed by atoms with E-state index in [1.807, 2.05) is 0 Å². The molecule has 2 amide bonds. The predicted octanol–water partition coefficient (Wildman–Crippen LogP) is 0.781. The van der Waals surface area contributed by atoms with E-state index in [1.54, 1.807) is 0 Å². The molecule has 1 aromatic rings. The van der Waals surface area contributed by atoms with Crippen LogP contribution in [0.5, 0.6) is 0 Å². The zero-order valence-corrected chi connectivity index (χ0v) is 11.9. The summed E-state index contributed by atoms with van der Waals surface area (Å²) in [6.07, 6.45) is -0.270. The van der Waals surface area contributed by atoms with Crippen molar-refractivity contribution in [2.75, 3.05) is 12.4 Å². The number of ketones is 1. The molecule has 0 aliphatic carbocycles. The molecule has 0 saturated carbocycles. The fraction of sp³-hybridized carbons (Fsp3) is 0.385. The van der Waals surface area contributed by atoms with Gasteiger partial charge in [-0.1, -0.05) is 0 Å². The van der Waals surface area contributed by atoms with Gasteiger partial charge >= 0.3 is 5.97 Å². The number of methoxy groups -OCH3 is 1. The molecule has 114 valence electrons. The number of furan rings is 1. The highest BCUT2D eigenvalue weighted by molar-refractivity contribution is 6.11. The van der Waals surface area contributed by atoms with Crippen LogP contribution in [0.1, 0.15) is 46.2 Å². The molecule has 0 saturated heterocycles. The van der Waals surface area contributed by atoms with E-state index < -0.39 is 23.6 Å². The molecule has 0 aliphatic heterocycles. The number of primary amides is 1. The quantitative estimate of drug-likeness (QED) is 0.589. The van der Waals surface area contributed by atoms with E-state index in [0.29, 0.717) is 0 Å². The summed E-state index contributed by atoms with van der Waals surface area (Å²) in [4.78, 5) is 45.6. The van der Waals surface area contributed by atoms with Crippen molar-refractivity contribution in [1.29, 1.82) is 0 Å². The van der Waals surface area contributed by atoms with E-state index in [9.17, 15) is 19.2 Å². The lowest BCUT2D eigenvalue weighted by molar-refractivity contribution is -0.141. The van der Waals surface area contributed by atoms with Gasteiger partial charge in [0.05, 0.1) is 19.1 Å². The molecule has 8 heteroatoms. The number of Topliss-reactive ketones (excluding diaryl/α,β-unsaturated/α-hetero) is 1. The van der Waals surface area contributed by atoms with Gasteiger partial charge in [0.2, 0.25) is 11.8 Å². The molecule has 0 fully saturated rings. The molecular weight excluding hydrogens is 280 g/mol. The van der Waals surface area contributed by atoms with E-state index in [2.05, 4.69) is 10.1 Å². The number of hydrogen-bond donors (Lipinski definition) is 2. The van der Waals surface area contributed by atoms with Crippen molar-refractivity contribution in [3.8, 4) is 0 Å². The van der Waals surface area contributed by atoms with Crippen LogP contribution >= 0.6 is 0 Å². The molecule has 0 aliphatic rings. The van der Waals surface area contributed by atoms with Gasteiger partial charge in [-0.3, -0.25) is 24.5 Å². The molecule has 1 aromatic heterocycles. The molecule has 0 spiro atoms. The summed E-state index contributed by atoms with van der Waals surface area (Å²) in [6.45, 7) is 2.74. The number of ether oxygens (including phenoxy) is 1. The maximum Gasteiger partial charge on any atom is 0.306 e. The van der Waals surface area contributed by atoms with Crippen molar-refractivity contribution in [2.45, 2.75) is 26.7 Å². The van der Waals surface area contributed by atoms with Crippen molar-refractivity contribution in [3.05, 3.63) is 16.9 Å². The Labute approximate surface area is 120 Å². The third-order valence-corrected chi connectivity index (χ3v) is 2.72. The summed E-state index contributed by atoms with van der Waals surface area (Å²) in [7, 11) is 1.21. The Morgan fingerprint density at radius 3 is 2.29 bits per heavy atom. The zero-order chi connectivity index (χ0) is 16.2. The lowest BCUT2D eigenvalue weighted by atomic mass is 10.1. The maximum absolute atomic E-state index is 11.7. The van der Waals surface area contributed by atoms with E-state index in [-0.39, 0.29) is 35.6 Å². The van der Waals surface area contributed by atoms with Crippen LogP contribution in [0.25, 0.3) is 0 Å². The first kappa shape index (κ1) is 16.4. The number of rotatable bonds is 6. The summed E-state index contributed by atoms with van der Waals surface area (Å²) in [6, 6.07) is 0. The highest BCUT2D eigenvalue weighted by Gasteiger charge is 2.26. The molecule has 0 aromatic carbocycles. The van der Waals surface area contributed by atoms with Gasteiger partial charge in [0.25, 0.3) is 5.91 Å². The number of carbonyl (C=O) groups is 4. The van der Waals surface area contributed by atoms with Crippen LogP contribution in [-0.4, -0.2) is 30.7 Å². The number of carbonyl (C=O) groups excluding carboxylic acids is 4. The van der Waals surface area contributed by atoms with E-state index in [1.165, 1.54) is 21.0 Å². The molecule has 8 nitrogen and oxygen atoms in total. The molecule has 21 heavy (non-hydrogen) atoms. The number of nitrogens with two attached hydrogens (primary N) is 1. The standard InChI is InChI=1S/C13H16N2O6/c1-6(16)10-7(2)21-13(11(10)12(14)19)15-8(17)4-5-9(18)20-3/h4-5H2,1-3H3,(H2,14,19)(H,15,17). The van der Waals surface area contributed by atoms with Crippen LogP contribution in [0, 0.1) is 6.92 Å². The number of aryl methyl sites for hydroxylation is 1. The summed E-state index contributed by atoms with van der Waals surface area (Å²) in [5, 5.41) is 2.32. The fourth-order valence-electron chi connectivity index (χ4n) is 1.80. The topological polar surface area (TPSA) is 129 Å². The van der Waals surface area contributed by atoms with Gasteiger partial charge in [-0.25, -0.2) is 0 Å². The Hall–Kier alpha value is -2.64. The van der Waals surface area contributed by atoms with Crippen LogP contribution in [-0.2, 0) is 14.3 Å². The molecular formula is C13H16N2O6. The summed E-state index contributed by atoms with van der Waals surface area (Å²) >= 11 is 0. The van der Waals surface area contributed by atoms with Crippen molar-refractivity contribution in [1.82, 2.24) is 0 Å². The minimum atomic E-state index is -0.889. The highest BCUT2D eigenvalue weighted by atomic mass is 16.5. The monoisotopic (exact) mass is 296 g/mol. The lowest BCUT2D eigenvalue weighted by Crippen LogP contribution is -2.19. The number of esters is 1. The first-order valence-corrected chi connectivity index (χ1v) is 6.08. The molecule has 0 atom stereocenters. The smallest absolute Gasteiger partial charge is 0.306 e. The first-order chi connectivity index (χ1) is 9.77. The summed E-state index contributed by atoms with van der Waals surface area (Å²) in [5.41, 5.74) is 5.07. The predicted molar refractivity (Wildman–Crippen MR) is 71.8 cm³/mol. The highest BCUT2D eigenvalue weighted by Crippen LogP contribution is 2.27. The second kappa shape index (κ2) is 6.69. The van der Waals surface area contributed by atoms with Crippen molar-refractivity contribution in [3.63, 3.8) is 0 Å². The van der Waals surface area contributed by atoms with Crippen LogP contribution in [0.2, 0.25) is 0 Å². The number of amides is 2. The molecule has 0 bridgehead atoms. The van der Waals surface area contributed by atoms with E-state index in [4.69, 9.17) is 10.2 Å². The molecule has 1 heterocycles. The van der Waals surface area contributed by atoms with Crippen LogP contribution in [0.15, 0.2) is 4.42 Å². The number of anilines is 1. The van der Waals surface area contributed by atoms with Crippen molar-refractivity contribution >= 4 is 29.5 Å². The zero-order valence-electron chi connectivity index (χ0n) is 11.9. The Bertz CT molecular complexity index is 602. The van der Waals surface area contributed by atoms with Crippen LogP contribution in [0.4, 0.5) is 5.88 Å². The summed E-state index contributed by atoms with van der Waals surface area (Å²) < 4.78 is 9.61. The largest absolute Gasteiger partial charge is 0.469 e. The maximum atomic E-state index is 11.7. The number of nitrogens with one attached hydrogen (secondary N) is 1. The number of hydrogen-bond acceptors (Lipinski definition) is 6. The Morgan fingerprint density at radius 2 is 1.81 bits per heavy atom. The second-order valence-electron chi connectivity index (χ2n) is 4.28. The van der Waals surface area contributed by atoms with Gasteiger partial charge in [0.1, 0.15) is 11.3 Å². The lowest BCUT2D eigenvalue weighted by Gasteiger charge is -2.03. The summed E-state index contributed by atoms with van der Waals surface area (Å²) in [5.74, 6) is -2.41. The third-order valence-electron chi connectivity index (χ3n) is 2.72. The SMILES string of the molecule is COC(=O)CCC(=O)Nc1oc(C)c(C(C)=O)c1C(N)=O. The first-order valence-electron chi connectivity index (χ1n) is 6.08. The van der Waals surface area contributed by atoms with Crippen LogP contribution < -0.4 is 11.1 Å². The van der Waals surface area contributed by atoms with Gasteiger partial charge in [0.15, 0.2) is 5.78 Å². The third kappa shape index (κ3) is 3.91. The fourth-order valence-corrected chi connectivity index (χ4v) is 1.80. The van der Waals surface area contributed by atoms with E-state index in [0.717, 1.165) is 0 Å². The molecule has 3 N–H and O–H groups in total.